The van der Waals surface area contributed by atoms with E-state index in [1.165, 1.54) is 34.0 Å². The lowest BCUT2D eigenvalue weighted by molar-refractivity contribution is -0.388. The second kappa shape index (κ2) is 32.1. The Labute approximate surface area is 628 Å². The van der Waals surface area contributed by atoms with Gasteiger partial charge in [-0.05, 0) is 136 Å². The molecule has 35 nitrogen and oxygen atoms in total. The van der Waals surface area contributed by atoms with Crippen molar-refractivity contribution in [3.8, 4) is 5.75 Å². The number of ether oxygens (including phenoxy) is 14. The smallest absolute Gasteiger partial charge is 0.331 e. The molecule has 6 saturated heterocycles. The standard InChI is InChI=1S/C74H110O35/c1-31-54(104-43(80)16-11-33-9-12-34(96-8)13-10-33)52(89)57(107-63-53(90)56(106-65-58(91)74(95,29-78)30-98-65)55(32(2)99-63)105-60-49(86)46(83)40(27-97-60)103-61-50(87)47(84)44(81)38(25-75)101-61)64(100-31)109-67(94)72-20-19-68(3,4)23-36(72)35-14-15-41-69(5)24-37(79)59(108-62-51(88)48(85)45(82)39(26-76)102-62)71(7,66(92)93)42(69)17-18-70(41,6)73(35,28-77)22-21-72/h9-14,16,31-32,36-42,44-65,75-79,81-91,95H,15,17-30H2,1-8H3,(H,92,93)/t31-,32+,36+,37+,38-,39-,40-,41-,42-,44+,45-,46+,47+,48+,49-,50-,51-,52+,53-,54+,55+,56+,57-,58+,59+,60+,61+,62+,63+,64+,65+,69-,70-,71+,72+,73+,74-/m1/s1. The summed E-state index contributed by atoms with van der Waals surface area (Å²) in [5.74, 6) is -4.33. The second-order valence-corrected chi connectivity index (χ2v) is 33.4. The van der Waals surface area contributed by atoms with Gasteiger partial charge in [0.2, 0.25) is 6.29 Å². The maximum Gasteiger partial charge on any atom is 0.331 e. The number of allylic oxidation sites excluding steroid dienone is 1. The molecule has 0 bridgehead atoms. The summed E-state index contributed by atoms with van der Waals surface area (Å²) < 4.78 is 84.2. The van der Waals surface area contributed by atoms with Crippen LogP contribution in [0.15, 0.2) is 42.0 Å². The molecule has 1 aromatic rings. The highest BCUT2D eigenvalue weighted by Crippen LogP contribution is 2.76. The third kappa shape index (κ3) is 14.8. The normalized spacial score (nSPS) is 49.8. The maximum atomic E-state index is 16.2. The number of carboxylic acid groups (broad SMARTS) is 1. The average Bonchev–Trinajstić information content (AvgIpc) is 0.674. The zero-order valence-corrected chi connectivity index (χ0v) is 62.0. The maximum absolute atomic E-state index is 16.2. The number of benzene rings is 1. The van der Waals surface area contributed by atoms with Crippen LogP contribution in [-0.4, -0.2) is 334 Å². The van der Waals surface area contributed by atoms with Crippen molar-refractivity contribution >= 4 is 24.0 Å². The van der Waals surface area contributed by atoms with Crippen molar-refractivity contribution in [3.63, 3.8) is 0 Å². The lowest BCUT2D eigenvalue weighted by Gasteiger charge is -2.71. The van der Waals surface area contributed by atoms with Gasteiger partial charge in [0.15, 0.2) is 43.7 Å². The van der Waals surface area contributed by atoms with Crippen molar-refractivity contribution in [3.05, 3.63) is 47.6 Å². The molecule has 6 heterocycles. The minimum Gasteiger partial charge on any atom is -0.497 e. The Bertz CT molecular complexity index is 3400. The zero-order valence-electron chi connectivity index (χ0n) is 62.0. The fourth-order valence-electron chi connectivity index (χ4n) is 20.2. The van der Waals surface area contributed by atoms with Crippen LogP contribution in [0.4, 0.5) is 0 Å². The number of rotatable bonds is 21. The summed E-state index contributed by atoms with van der Waals surface area (Å²) in [5.41, 5.74) is -7.53. The van der Waals surface area contributed by atoms with Crippen molar-refractivity contribution in [1.29, 1.82) is 0 Å². The molecule has 6 aliphatic heterocycles. The summed E-state index contributed by atoms with van der Waals surface area (Å²) in [5, 5.41) is 201. The topological polar surface area (TPSA) is 545 Å². The number of aliphatic hydroxyl groups is 17. The van der Waals surface area contributed by atoms with Gasteiger partial charge in [0.25, 0.3) is 0 Å². The summed E-state index contributed by atoms with van der Waals surface area (Å²) in [6.45, 7) is 8.13. The SMILES string of the molecule is COc1ccc(C=CC(=O)O[C@@H]2[C@H](O)[C@@H](O[C@@H]3O[C@@H](C)[C@H](O[C@@H]4OC[C@@H](O[C@@H]5O[C@H](CO)[C@H](O)[C@H](O)[C@H]5O)[C@H](O)[C@H]4O)[C@@H](O[C@@H]4OC[C@](O)(CO)[C@H]4O)[C@H]3O)[C@H](OC(=O)[C@]34CCC(C)(C)C[C@H]3C3=CC[C@@H]5[C@@]6(C)C[C@H](O)[C@H](O[C@@H]7O[C@H](CO)[C@@H](O)[C@H](O)[C@H]7O)[C@@](C)(C(=O)O)[C@@H]6CC[C@@]5(C)[C@]3(CO)CC4)O[C@@H]2C)cc1. The second-order valence-electron chi connectivity index (χ2n) is 33.4. The van der Waals surface area contributed by atoms with Crippen LogP contribution in [0.1, 0.15) is 112 Å². The molecule has 0 amide bonds. The van der Waals surface area contributed by atoms with Gasteiger partial charge in [-0.2, -0.15) is 0 Å². The molecular weight excluding hydrogens is 1450 g/mol. The van der Waals surface area contributed by atoms with Crippen LogP contribution in [0.5, 0.6) is 5.75 Å². The molecule has 0 unspecified atom stereocenters. The number of carboxylic acids is 1. The fourth-order valence-corrected chi connectivity index (χ4v) is 20.2. The Morgan fingerprint density at radius 1 is 0.569 bits per heavy atom. The van der Waals surface area contributed by atoms with E-state index in [1.54, 1.807) is 24.3 Å². The van der Waals surface area contributed by atoms with Gasteiger partial charge in [0, 0.05) is 11.5 Å². The lowest BCUT2D eigenvalue weighted by Crippen LogP contribution is -2.71. The van der Waals surface area contributed by atoms with Crippen LogP contribution in [-0.2, 0) is 76.0 Å². The summed E-state index contributed by atoms with van der Waals surface area (Å²) in [4.78, 5) is 44.0. The van der Waals surface area contributed by atoms with Crippen LogP contribution in [0, 0.1) is 50.2 Å². The molecule has 1 aromatic carbocycles. The molecule has 0 spiro atoms. The van der Waals surface area contributed by atoms with Gasteiger partial charge in [-0.1, -0.05) is 51.5 Å². The third-order valence-corrected chi connectivity index (χ3v) is 26.7. The van der Waals surface area contributed by atoms with Gasteiger partial charge in [-0.15, -0.1) is 0 Å². The van der Waals surface area contributed by atoms with E-state index in [2.05, 4.69) is 20.8 Å². The number of methoxy groups -OCH3 is 1. The zero-order chi connectivity index (χ0) is 79.3. The first-order valence-corrected chi connectivity index (χ1v) is 37.5. The van der Waals surface area contributed by atoms with E-state index >= 15 is 4.79 Å². The van der Waals surface area contributed by atoms with E-state index in [9.17, 15) is 102 Å². The fraction of sp³-hybridized carbons (Fsp3) is 0.824. The van der Waals surface area contributed by atoms with E-state index in [-0.39, 0.29) is 32.1 Å². The number of hydrogen-bond donors (Lipinski definition) is 18. The average molecular weight is 1560 g/mol. The van der Waals surface area contributed by atoms with Gasteiger partial charge >= 0.3 is 17.9 Å². The Morgan fingerprint density at radius 3 is 1.76 bits per heavy atom. The Morgan fingerprint density at radius 2 is 1.16 bits per heavy atom. The Hall–Kier alpha value is -4.21. The minimum atomic E-state index is -2.30. The summed E-state index contributed by atoms with van der Waals surface area (Å²) in [6.07, 6.45) is -42.7. The largest absolute Gasteiger partial charge is 0.497 e. The molecule has 4 saturated carbocycles. The van der Waals surface area contributed by atoms with Crippen LogP contribution < -0.4 is 4.74 Å². The Balaban J connectivity index is 0.837. The Kier molecular flexibility index (Phi) is 24.8. The lowest BCUT2D eigenvalue weighted by atomic mass is 9.33. The molecule has 5 aliphatic carbocycles. The van der Waals surface area contributed by atoms with Gasteiger partial charge in [0.05, 0.1) is 75.9 Å². The predicted molar refractivity (Wildman–Crippen MR) is 364 cm³/mol. The molecule has 616 valence electrons. The number of carbonyl (C=O) groups excluding carboxylic acids is 2. The summed E-state index contributed by atoms with van der Waals surface area (Å²) >= 11 is 0. The van der Waals surface area contributed by atoms with Crippen molar-refractivity contribution in [2.45, 2.75) is 284 Å². The third-order valence-electron chi connectivity index (χ3n) is 26.7. The molecule has 12 rings (SSSR count). The number of hydrogen-bond acceptors (Lipinski definition) is 34. The highest BCUT2D eigenvalue weighted by atomic mass is 16.8. The van der Waals surface area contributed by atoms with E-state index in [0.717, 1.165) is 11.6 Å². The minimum absolute atomic E-state index is 0.0186. The van der Waals surface area contributed by atoms with Crippen molar-refractivity contribution in [2.24, 2.45) is 50.2 Å². The highest BCUT2D eigenvalue weighted by molar-refractivity contribution is 5.87. The quantitative estimate of drug-likeness (QED) is 0.0243. The molecule has 0 aromatic heterocycles. The van der Waals surface area contributed by atoms with Crippen LogP contribution in [0.25, 0.3) is 6.08 Å². The van der Waals surface area contributed by atoms with Crippen LogP contribution in [0.2, 0.25) is 0 Å². The number of carbonyl (C=O) groups is 3. The monoisotopic (exact) mass is 1560 g/mol. The molecular formula is C74H110O35. The first kappa shape index (κ1) is 84.2. The molecule has 35 heteroatoms. The van der Waals surface area contributed by atoms with Gasteiger partial charge in [0.1, 0.15) is 115 Å². The summed E-state index contributed by atoms with van der Waals surface area (Å²) in [6, 6.07) is 6.67. The number of aliphatic carboxylic acids is 1. The first-order chi connectivity index (χ1) is 51.4. The van der Waals surface area contributed by atoms with Crippen molar-refractivity contribution < 1.29 is 173 Å². The summed E-state index contributed by atoms with van der Waals surface area (Å²) in [7, 11) is 1.49. The van der Waals surface area contributed by atoms with E-state index in [0.29, 0.717) is 37.0 Å². The van der Waals surface area contributed by atoms with Gasteiger partial charge in [-0.3, -0.25) is 9.59 Å². The van der Waals surface area contributed by atoms with Gasteiger partial charge in [-0.25, -0.2) is 4.79 Å². The van der Waals surface area contributed by atoms with E-state index in [1.807, 2.05) is 13.0 Å². The molecule has 10 fully saturated rings. The van der Waals surface area contributed by atoms with Crippen LogP contribution >= 0.6 is 0 Å². The van der Waals surface area contributed by atoms with E-state index in [4.69, 9.17) is 66.3 Å². The van der Waals surface area contributed by atoms with Crippen LogP contribution in [0.3, 0.4) is 0 Å². The first-order valence-electron chi connectivity index (χ1n) is 37.5. The molecule has 18 N–H and O–H groups in total. The number of aliphatic hydroxyl groups excluding tert-OH is 16. The molecule has 0 radical (unpaired) electrons. The molecule has 109 heavy (non-hydrogen) atoms. The highest BCUT2D eigenvalue weighted by Gasteiger charge is 2.74. The van der Waals surface area contributed by atoms with Crippen molar-refractivity contribution in [2.75, 3.05) is 46.8 Å². The predicted octanol–water partition coefficient (Wildman–Crippen LogP) is -3.77. The number of fused-ring (bicyclic) bond motifs is 7. The van der Waals surface area contributed by atoms with Crippen molar-refractivity contribution in [1.82, 2.24) is 0 Å². The molecule has 11 aliphatic rings. The molecule has 37 atom stereocenters. The van der Waals surface area contributed by atoms with Gasteiger partial charge < -0.3 is 158 Å². The van der Waals surface area contributed by atoms with E-state index < -0.39 is 285 Å². The number of esters is 2.